The Morgan fingerprint density at radius 1 is 1.24 bits per heavy atom. The molecule has 1 saturated heterocycles. The molecule has 0 aliphatic carbocycles. The summed E-state index contributed by atoms with van der Waals surface area (Å²) in [6, 6.07) is 7.10. The Balaban J connectivity index is 1.43. The van der Waals surface area contributed by atoms with Gasteiger partial charge in [0.05, 0.1) is 43.3 Å². The van der Waals surface area contributed by atoms with Crippen molar-refractivity contribution in [2.75, 3.05) is 20.2 Å². The van der Waals surface area contributed by atoms with Crippen LogP contribution in [0.5, 0.6) is 11.8 Å². The number of piperidine rings is 1. The Bertz CT molecular complexity index is 1080. The Morgan fingerprint density at radius 2 is 2.07 bits per heavy atom. The minimum Gasteiger partial charge on any atom is -0.480 e. The van der Waals surface area contributed by atoms with Crippen LogP contribution in [0.25, 0.3) is 10.9 Å². The average Bonchev–Trinajstić information content (AvgIpc) is 2.76. The van der Waals surface area contributed by atoms with Gasteiger partial charge >= 0.3 is 0 Å². The summed E-state index contributed by atoms with van der Waals surface area (Å²) in [6.07, 6.45) is 5.86. The molecule has 9 heteroatoms. The Labute approximate surface area is 166 Å². The smallest absolute Gasteiger partial charge is 0.261 e. The Kier molecular flexibility index (Phi) is 5.37. The number of hydrogen-bond donors (Lipinski definition) is 0. The minimum atomic E-state index is -0.222. The van der Waals surface area contributed by atoms with Gasteiger partial charge in [0.1, 0.15) is 12.6 Å². The van der Waals surface area contributed by atoms with Crippen LogP contribution in [0.1, 0.15) is 12.8 Å². The SMILES string of the molecule is COc1cncc(OC2CCCN(C(=O)Cn3cnc4ccccc4c3=O)C2)n1. The summed E-state index contributed by atoms with van der Waals surface area (Å²) in [5, 5.41) is 0.499. The maximum atomic E-state index is 12.8. The molecule has 150 valence electrons. The van der Waals surface area contributed by atoms with Gasteiger partial charge in [-0.15, -0.1) is 0 Å². The maximum Gasteiger partial charge on any atom is 0.261 e. The van der Waals surface area contributed by atoms with Gasteiger partial charge in [-0.05, 0) is 25.0 Å². The van der Waals surface area contributed by atoms with Gasteiger partial charge in [0, 0.05) is 6.54 Å². The number of carbonyl (C=O) groups excluding carboxylic acids is 1. The number of methoxy groups -OCH3 is 1. The average molecular weight is 395 g/mol. The van der Waals surface area contributed by atoms with Crippen molar-refractivity contribution in [1.29, 1.82) is 0 Å². The standard InChI is InChI=1S/C20H21N5O4/c1-28-17-9-21-10-18(23-17)29-14-5-4-8-24(11-14)19(26)12-25-13-22-16-7-3-2-6-15(16)20(25)27/h2-3,6-7,9-10,13-14H,4-5,8,11-12H2,1H3. The van der Waals surface area contributed by atoms with Crippen LogP contribution in [0.4, 0.5) is 0 Å². The van der Waals surface area contributed by atoms with E-state index in [0.717, 1.165) is 12.8 Å². The summed E-state index contributed by atoms with van der Waals surface area (Å²) in [7, 11) is 1.51. The Morgan fingerprint density at radius 3 is 2.93 bits per heavy atom. The molecule has 3 aromatic rings. The monoisotopic (exact) mass is 395 g/mol. The fourth-order valence-electron chi connectivity index (χ4n) is 3.38. The van der Waals surface area contributed by atoms with Gasteiger partial charge in [0.2, 0.25) is 17.7 Å². The molecular weight excluding hydrogens is 374 g/mol. The molecule has 0 N–H and O–H groups in total. The number of hydrogen-bond acceptors (Lipinski definition) is 7. The topological polar surface area (TPSA) is 99.4 Å². The van der Waals surface area contributed by atoms with Crippen LogP contribution >= 0.6 is 0 Å². The molecule has 0 radical (unpaired) electrons. The Hall–Kier alpha value is -3.49. The third-order valence-corrected chi connectivity index (χ3v) is 4.85. The van der Waals surface area contributed by atoms with Crippen molar-refractivity contribution < 1.29 is 14.3 Å². The van der Waals surface area contributed by atoms with E-state index in [1.807, 2.05) is 6.07 Å². The quantitative estimate of drug-likeness (QED) is 0.641. The normalized spacial score (nSPS) is 16.6. The van der Waals surface area contributed by atoms with Crippen molar-refractivity contribution in [2.24, 2.45) is 0 Å². The molecule has 1 aliphatic rings. The summed E-state index contributed by atoms with van der Waals surface area (Å²) in [6.45, 7) is 0.994. The van der Waals surface area contributed by atoms with E-state index in [2.05, 4.69) is 15.0 Å². The zero-order valence-electron chi connectivity index (χ0n) is 16.0. The molecule has 3 heterocycles. The fourth-order valence-corrected chi connectivity index (χ4v) is 3.38. The summed E-state index contributed by atoms with van der Waals surface area (Å²) < 4.78 is 12.3. The van der Waals surface area contributed by atoms with Crippen LogP contribution in [-0.2, 0) is 11.3 Å². The molecule has 29 heavy (non-hydrogen) atoms. The van der Waals surface area contributed by atoms with Crippen molar-refractivity contribution >= 4 is 16.8 Å². The molecule has 4 rings (SSSR count). The number of aromatic nitrogens is 4. The van der Waals surface area contributed by atoms with Gasteiger partial charge in [-0.3, -0.25) is 19.1 Å². The molecule has 0 saturated carbocycles. The van der Waals surface area contributed by atoms with Crippen LogP contribution in [0.3, 0.4) is 0 Å². The number of nitrogens with zero attached hydrogens (tertiary/aromatic N) is 5. The summed E-state index contributed by atoms with van der Waals surface area (Å²) in [5.74, 6) is 0.585. The molecule has 1 fully saturated rings. The molecule has 1 amide bonds. The molecule has 0 bridgehead atoms. The fraction of sp³-hybridized carbons (Fsp3) is 0.350. The lowest BCUT2D eigenvalue weighted by molar-refractivity contribution is -0.134. The van der Waals surface area contributed by atoms with E-state index >= 15 is 0 Å². The third kappa shape index (κ3) is 4.18. The highest BCUT2D eigenvalue weighted by Crippen LogP contribution is 2.18. The first-order chi connectivity index (χ1) is 14.1. The van der Waals surface area contributed by atoms with Crippen molar-refractivity contribution in [3.05, 3.63) is 53.3 Å². The van der Waals surface area contributed by atoms with Crippen LogP contribution < -0.4 is 15.0 Å². The molecule has 1 aromatic carbocycles. The summed E-state index contributed by atoms with van der Waals surface area (Å²) in [5.41, 5.74) is 0.396. The molecule has 1 unspecified atom stereocenters. The zero-order chi connectivity index (χ0) is 20.2. The first kappa shape index (κ1) is 18.9. The molecule has 2 aromatic heterocycles. The highest BCUT2D eigenvalue weighted by molar-refractivity contribution is 5.79. The number of benzene rings is 1. The van der Waals surface area contributed by atoms with Gasteiger partial charge in [-0.1, -0.05) is 12.1 Å². The lowest BCUT2D eigenvalue weighted by atomic mass is 10.1. The molecule has 9 nitrogen and oxygen atoms in total. The van der Waals surface area contributed by atoms with Crippen molar-refractivity contribution in [3.63, 3.8) is 0 Å². The number of para-hydroxylation sites is 1. The lowest BCUT2D eigenvalue weighted by Crippen LogP contribution is -2.46. The van der Waals surface area contributed by atoms with Gasteiger partial charge in [0.15, 0.2) is 0 Å². The predicted molar refractivity (Wildman–Crippen MR) is 105 cm³/mol. The molecular formula is C20H21N5O4. The highest BCUT2D eigenvalue weighted by Gasteiger charge is 2.26. The number of likely N-dealkylation sites (tertiary alicyclic amines) is 1. The second-order valence-corrected chi connectivity index (χ2v) is 6.82. The van der Waals surface area contributed by atoms with E-state index in [-0.39, 0.29) is 24.1 Å². The molecule has 1 aliphatic heterocycles. The van der Waals surface area contributed by atoms with Crippen LogP contribution in [0.2, 0.25) is 0 Å². The number of carbonyl (C=O) groups is 1. The predicted octanol–water partition coefficient (Wildman–Crippen LogP) is 1.27. The lowest BCUT2D eigenvalue weighted by Gasteiger charge is -2.32. The third-order valence-electron chi connectivity index (χ3n) is 4.85. The van der Waals surface area contributed by atoms with E-state index in [1.54, 1.807) is 23.1 Å². The number of fused-ring (bicyclic) bond motifs is 1. The first-order valence-corrected chi connectivity index (χ1v) is 9.38. The highest BCUT2D eigenvalue weighted by atomic mass is 16.5. The molecule has 0 spiro atoms. The number of ether oxygens (including phenoxy) is 2. The second-order valence-electron chi connectivity index (χ2n) is 6.82. The van der Waals surface area contributed by atoms with E-state index in [4.69, 9.17) is 9.47 Å². The van der Waals surface area contributed by atoms with Crippen molar-refractivity contribution in [1.82, 2.24) is 24.4 Å². The van der Waals surface area contributed by atoms with E-state index in [1.165, 1.54) is 30.4 Å². The van der Waals surface area contributed by atoms with E-state index in [9.17, 15) is 9.59 Å². The van der Waals surface area contributed by atoms with Crippen LogP contribution in [-0.4, -0.2) is 56.6 Å². The van der Waals surface area contributed by atoms with E-state index in [0.29, 0.717) is 35.8 Å². The second kappa shape index (κ2) is 8.26. The first-order valence-electron chi connectivity index (χ1n) is 9.38. The minimum absolute atomic E-state index is 0.0532. The zero-order valence-corrected chi connectivity index (χ0v) is 16.0. The summed E-state index contributed by atoms with van der Waals surface area (Å²) >= 11 is 0. The van der Waals surface area contributed by atoms with Crippen molar-refractivity contribution in [2.45, 2.75) is 25.5 Å². The van der Waals surface area contributed by atoms with Gasteiger partial charge in [-0.2, -0.15) is 4.98 Å². The van der Waals surface area contributed by atoms with Gasteiger partial charge in [-0.25, -0.2) is 4.98 Å². The van der Waals surface area contributed by atoms with E-state index < -0.39 is 0 Å². The van der Waals surface area contributed by atoms with Gasteiger partial charge in [0.25, 0.3) is 5.56 Å². The largest absolute Gasteiger partial charge is 0.480 e. The van der Waals surface area contributed by atoms with Gasteiger partial charge < -0.3 is 14.4 Å². The molecule has 1 atom stereocenters. The maximum absolute atomic E-state index is 12.8. The van der Waals surface area contributed by atoms with Crippen LogP contribution in [0, 0.1) is 0 Å². The number of amides is 1. The van der Waals surface area contributed by atoms with Crippen molar-refractivity contribution in [3.8, 4) is 11.8 Å². The summed E-state index contributed by atoms with van der Waals surface area (Å²) in [4.78, 5) is 39.6. The number of rotatable bonds is 5. The van der Waals surface area contributed by atoms with Crippen LogP contribution in [0.15, 0.2) is 47.8 Å².